The van der Waals surface area contributed by atoms with Crippen LogP contribution in [0.4, 0.5) is 0 Å². The molecule has 128 valence electrons. The minimum Gasteiger partial charge on any atom is -0.494 e. The van der Waals surface area contributed by atoms with E-state index in [0.29, 0.717) is 24.7 Å². The fraction of sp³-hybridized carbons (Fsp3) is 0.200. The molecule has 2 aromatic carbocycles. The molecule has 0 aliphatic carbocycles. The Morgan fingerprint density at radius 2 is 2.00 bits per heavy atom. The molecule has 3 rings (SSSR count). The molecule has 4 nitrogen and oxygen atoms in total. The Hall–Kier alpha value is -2.40. The van der Waals surface area contributed by atoms with Gasteiger partial charge in [0.15, 0.2) is 0 Å². The maximum Gasteiger partial charge on any atom is 0.219 e. The molecule has 0 amide bonds. The lowest BCUT2D eigenvalue weighted by molar-refractivity contribution is -0.107. The Bertz CT molecular complexity index is 895. The van der Waals surface area contributed by atoms with E-state index in [-0.39, 0.29) is 0 Å². The zero-order valence-electron chi connectivity index (χ0n) is 13.9. The fourth-order valence-corrected chi connectivity index (χ4v) is 2.86. The number of carbonyl (C=O) groups excluding carboxylic acids is 1. The quantitative estimate of drug-likeness (QED) is 0.504. The summed E-state index contributed by atoms with van der Waals surface area (Å²) in [6, 6.07) is 15.2. The number of aldehydes is 1. The molecular weight excluding hydrogens is 382 g/mol. The lowest BCUT2D eigenvalue weighted by atomic mass is 10.1. The smallest absolute Gasteiger partial charge is 0.219 e. The average molecular weight is 400 g/mol. The normalized spacial score (nSPS) is 10.6. The van der Waals surface area contributed by atoms with Crippen LogP contribution in [0.5, 0.6) is 17.4 Å². The second-order valence-electron chi connectivity index (χ2n) is 5.59. The molecule has 0 atom stereocenters. The monoisotopic (exact) mass is 399 g/mol. The maximum atomic E-state index is 10.6. The van der Waals surface area contributed by atoms with E-state index in [9.17, 15) is 4.79 Å². The molecule has 0 saturated carbocycles. The van der Waals surface area contributed by atoms with Crippen LogP contribution in [0.1, 0.15) is 18.9 Å². The second kappa shape index (κ2) is 8.12. The van der Waals surface area contributed by atoms with Gasteiger partial charge in [0.1, 0.15) is 17.8 Å². The zero-order valence-corrected chi connectivity index (χ0v) is 15.5. The van der Waals surface area contributed by atoms with Crippen LogP contribution in [0.3, 0.4) is 0 Å². The summed E-state index contributed by atoms with van der Waals surface area (Å²) in [6.45, 7) is 2.75. The second-order valence-corrected chi connectivity index (χ2v) is 6.44. The van der Waals surface area contributed by atoms with Gasteiger partial charge >= 0.3 is 0 Å². The van der Waals surface area contributed by atoms with Gasteiger partial charge in [-0.15, -0.1) is 0 Å². The Kier molecular flexibility index (Phi) is 5.66. The number of carbonyl (C=O) groups is 1. The molecule has 0 aliphatic heterocycles. The van der Waals surface area contributed by atoms with Crippen LogP contribution in [0.2, 0.25) is 0 Å². The van der Waals surface area contributed by atoms with E-state index in [1.165, 1.54) is 0 Å². The van der Waals surface area contributed by atoms with Crippen LogP contribution in [0.25, 0.3) is 10.9 Å². The molecule has 0 radical (unpaired) electrons. The molecule has 1 aromatic heterocycles. The minimum atomic E-state index is 0.410. The molecular formula is C20H18BrNO3. The van der Waals surface area contributed by atoms with Crippen molar-refractivity contribution in [2.45, 2.75) is 19.8 Å². The first kappa shape index (κ1) is 17.4. The van der Waals surface area contributed by atoms with Gasteiger partial charge in [-0.3, -0.25) is 0 Å². The third-order valence-electron chi connectivity index (χ3n) is 3.64. The van der Waals surface area contributed by atoms with Crippen molar-refractivity contribution in [1.29, 1.82) is 0 Å². The molecule has 3 aromatic rings. The van der Waals surface area contributed by atoms with Crippen molar-refractivity contribution in [3.8, 4) is 17.4 Å². The van der Waals surface area contributed by atoms with Gasteiger partial charge in [0, 0.05) is 17.9 Å². The van der Waals surface area contributed by atoms with Crippen molar-refractivity contribution in [1.82, 2.24) is 4.98 Å². The van der Waals surface area contributed by atoms with Gasteiger partial charge in [-0.2, -0.15) is 0 Å². The zero-order chi connectivity index (χ0) is 17.6. The van der Waals surface area contributed by atoms with Crippen LogP contribution in [0.15, 0.2) is 53.0 Å². The first-order valence-electron chi connectivity index (χ1n) is 8.13. The van der Waals surface area contributed by atoms with Crippen LogP contribution < -0.4 is 9.47 Å². The number of hydrogen-bond acceptors (Lipinski definition) is 4. The van der Waals surface area contributed by atoms with Gasteiger partial charge in [0.05, 0.1) is 16.6 Å². The first-order valence-corrected chi connectivity index (χ1v) is 8.92. The van der Waals surface area contributed by atoms with Crippen LogP contribution in [-0.2, 0) is 11.2 Å². The van der Waals surface area contributed by atoms with E-state index < -0.39 is 0 Å². The number of nitrogens with zero attached hydrogens (tertiary/aromatic N) is 1. The number of fused-ring (bicyclic) bond motifs is 1. The van der Waals surface area contributed by atoms with Gasteiger partial charge in [0.2, 0.25) is 5.88 Å². The molecule has 25 heavy (non-hydrogen) atoms. The number of hydrogen-bond donors (Lipinski definition) is 0. The Morgan fingerprint density at radius 3 is 2.76 bits per heavy atom. The highest BCUT2D eigenvalue weighted by Gasteiger charge is 2.07. The van der Waals surface area contributed by atoms with Crippen molar-refractivity contribution < 1.29 is 14.3 Å². The SMILES string of the molecule is CCCOc1ccc(Oc2ccc3cc(CC=O)ccc3n2)c(Br)c1. The van der Waals surface area contributed by atoms with Crippen molar-refractivity contribution in [3.05, 3.63) is 58.6 Å². The Labute approximate surface area is 154 Å². The van der Waals surface area contributed by atoms with E-state index in [1.54, 1.807) is 0 Å². The predicted molar refractivity (Wildman–Crippen MR) is 102 cm³/mol. The number of rotatable bonds is 7. The van der Waals surface area contributed by atoms with Crippen LogP contribution in [-0.4, -0.2) is 17.9 Å². The van der Waals surface area contributed by atoms with Crippen LogP contribution in [0, 0.1) is 0 Å². The van der Waals surface area contributed by atoms with Crippen molar-refractivity contribution in [2.75, 3.05) is 6.61 Å². The topological polar surface area (TPSA) is 48.4 Å². The van der Waals surface area contributed by atoms with Gasteiger partial charge < -0.3 is 14.3 Å². The molecule has 0 N–H and O–H groups in total. The number of pyridine rings is 1. The van der Waals surface area contributed by atoms with Gasteiger partial charge in [-0.25, -0.2) is 4.98 Å². The summed E-state index contributed by atoms with van der Waals surface area (Å²) in [5.74, 6) is 1.99. The minimum absolute atomic E-state index is 0.410. The van der Waals surface area contributed by atoms with Gasteiger partial charge in [-0.05, 0) is 64.3 Å². The third kappa shape index (κ3) is 4.37. The van der Waals surface area contributed by atoms with E-state index in [0.717, 1.165) is 39.4 Å². The summed E-state index contributed by atoms with van der Waals surface area (Å²) < 4.78 is 12.3. The number of ether oxygens (including phenoxy) is 2. The molecule has 0 aliphatic rings. The van der Waals surface area contributed by atoms with Gasteiger partial charge in [-0.1, -0.05) is 13.0 Å². The number of benzene rings is 2. The Balaban J connectivity index is 1.80. The van der Waals surface area contributed by atoms with Crippen molar-refractivity contribution >= 4 is 33.1 Å². The Morgan fingerprint density at radius 1 is 1.12 bits per heavy atom. The molecule has 0 unspecified atom stereocenters. The highest BCUT2D eigenvalue weighted by atomic mass is 79.9. The summed E-state index contributed by atoms with van der Waals surface area (Å²) in [5.41, 5.74) is 1.80. The highest BCUT2D eigenvalue weighted by Crippen LogP contribution is 2.32. The molecule has 0 spiro atoms. The molecule has 0 fully saturated rings. The fourth-order valence-electron chi connectivity index (χ4n) is 2.42. The number of aromatic nitrogens is 1. The summed E-state index contributed by atoms with van der Waals surface area (Å²) in [6.07, 6.45) is 2.27. The molecule has 0 bridgehead atoms. The number of halogens is 1. The first-order chi connectivity index (χ1) is 12.2. The predicted octanol–water partition coefficient (Wildman–Crippen LogP) is 5.32. The largest absolute Gasteiger partial charge is 0.494 e. The van der Waals surface area contributed by atoms with Crippen LogP contribution >= 0.6 is 15.9 Å². The van der Waals surface area contributed by atoms with Gasteiger partial charge in [0.25, 0.3) is 0 Å². The summed E-state index contributed by atoms with van der Waals surface area (Å²) in [5, 5.41) is 0.981. The van der Waals surface area contributed by atoms with E-state index >= 15 is 0 Å². The van der Waals surface area contributed by atoms with Crippen molar-refractivity contribution in [2.24, 2.45) is 0 Å². The third-order valence-corrected chi connectivity index (χ3v) is 4.26. The summed E-state index contributed by atoms with van der Waals surface area (Å²) in [4.78, 5) is 15.2. The maximum absolute atomic E-state index is 10.6. The molecule has 0 saturated heterocycles. The highest BCUT2D eigenvalue weighted by molar-refractivity contribution is 9.10. The molecule has 1 heterocycles. The lowest BCUT2D eigenvalue weighted by Gasteiger charge is -2.10. The standard InChI is InChI=1S/C20H18BrNO3/c1-2-11-24-16-5-7-19(17(21)13-16)25-20-8-4-15-12-14(9-10-23)3-6-18(15)22-20/h3-8,10,12-13H,2,9,11H2,1H3. The lowest BCUT2D eigenvalue weighted by Crippen LogP contribution is -1.95. The van der Waals surface area contributed by atoms with Crippen molar-refractivity contribution in [3.63, 3.8) is 0 Å². The van der Waals surface area contributed by atoms with E-state index in [1.807, 2.05) is 48.5 Å². The molecule has 5 heteroatoms. The summed E-state index contributed by atoms with van der Waals surface area (Å²) in [7, 11) is 0. The average Bonchev–Trinajstić information content (AvgIpc) is 2.62. The summed E-state index contributed by atoms with van der Waals surface area (Å²) >= 11 is 3.51. The van der Waals surface area contributed by atoms with E-state index in [2.05, 4.69) is 27.8 Å². The van der Waals surface area contributed by atoms with E-state index in [4.69, 9.17) is 9.47 Å².